The zero-order valence-corrected chi connectivity index (χ0v) is 19.8. The molecule has 0 bridgehead atoms. The molecule has 3 aromatic heterocycles. The number of pyridine rings is 1. The Balaban J connectivity index is 1.29. The van der Waals surface area contributed by atoms with Crippen molar-refractivity contribution in [3.8, 4) is 0 Å². The highest BCUT2D eigenvalue weighted by Gasteiger charge is 2.30. The van der Waals surface area contributed by atoms with E-state index in [1.54, 1.807) is 11.3 Å². The zero-order chi connectivity index (χ0) is 22.9. The summed E-state index contributed by atoms with van der Waals surface area (Å²) in [5.41, 5.74) is 3.32. The first-order chi connectivity index (χ1) is 16.0. The summed E-state index contributed by atoms with van der Waals surface area (Å²) in [6.07, 6.45) is 5.16. The van der Waals surface area contributed by atoms with Crippen LogP contribution in [0.3, 0.4) is 0 Å². The summed E-state index contributed by atoms with van der Waals surface area (Å²) in [5.74, 6) is -1.04. The molecule has 1 N–H and O–H groups in total. The van der Waals surface area contributed by atoms with Crippen LogP contribution in [0.5, 0.6) is 0 Å². The Hall–Kier alpha value is -2.42. The molecule has 3 aromatic rings. The lowest BCUT2D eigenvalue weighted by molar-refractivity contribution is -0.146. The molecule has 33 heavy (non-hydrogen) atoms. The van der Waals surface area contributed by atoms with Gasteiger partial charge in [0.25, 0.3) is 0 Å². The molecule has 9 heteroatoms. The van der Waals surface area contributed by atoms with E-state index in [9.17, 15) is 9.59 Å². The lowest BCUT2D eigenvalue weighted by Gasteiger charge is -2.30. The SMILES string of the molecule is O=C(O)C1CCC(OCC(=O)N2CCc3c(n(Cc4cc(Cl)cs4)c4ncccc34)C2)CC1. The first-order valence-corrected chi connectivity index (χ1v) is 12.6. The van der Waals surface area contributed by atoms with Crippen molar-refractivity contribution in [1.29, 1.82) is 0 Å². The number of carboxylic acid groups (broad SMARTS) is 1. The van der Waals surface area contributed by atoms with E-state index in [1.807, 2.05) is 28.6 Å². The van der Waals surface area contributed by atoms with E-state index >= 15 is 0 Å². The lowest BCUT2D eigenvalue weighted by atomic mass is 9.87. The van der Waals surface area contributed by atoms with Gasteiger partial charge in [0.15, 0.2) is 0 Å². The Kier molecular flexibility index (Phi) is 6.40. The summed E-state index contributed by atoms with van der Waals surface area (Å²) in [4.78, 5) is 31.8. The maximum Gasteiger partial charge on any atom is 0.306 e. The normalized spacial score (nSPS) is 20.7. The Morgan fingerprint density at radius 1 is 1.27 bits per heavy atom. The molecule has 1 aliphatic carbocycles. The van der Waals surface area contributed by atoms with Crippen molar-refractivity contribution >= 4 is 45.8 Å². The van der Waals surface area contributed by atoms with Crippen molar-refractivity contribution < 1.29 is 19.4 Å². The Labute approximate surface area is 200 Å². The van der Waals surface area contributed by atoms with E-state index in [2.05, 4.69) is 15.6 Å². The quantitative estimate of drug-likeness (QED) is 0.559. The van der Waals surface area contributed by atoms with Crippen LogP contribution in [-0.2, 0) is 33.8 Å². The second kappa shape index (κ2) is 9.44. The van der Waals surface area contributed by atoms with Crippen molar-refractivity contribution in [2.24, 2.45) is 5.92 Å². The summed E-state index contributed by atoms with van der Waals surface area (Å²) in [7, 11) is 0. The number of thiophene rings is 1. The van der Waals surface area contributed by atoms with Crippen molar-refractivity contribution in [2.45, 2.75) is 51.3 Å². The molecule has 2 aliphatic rings. The van der Waals surface area contributed by atoms with E-state index in [-0.39, 0.29) is 24.5 Å². The maximum atomic E-state index is 13.0. The number of fused-ring (bicyclic) bond motifs is 3. The van der Waals surface area contributed by atoms with Gasteiger partial charge in [-0.25, -0.2) is 4.98 Å². The fourth-order valence-corrected chi connectivity index (χ4v) is 6.05. The van der Waals surface area contributed by atoms with Crippen LogP contribution in [0.2, 0.25) is 5.02 Å². The predicted molar refractivity (Wildman–Crippen MR) is 127 cm³/mol. The van der Waals surface area contributed by atoms with Gasteiger partial charge in [-0.05, 0) is 55.9 Å². The molecule has 1 aliphatic heterocycles. The Morgan fingerprint density at radius 2 is 2.09 bits per heavy atom. The Bertz CT molecular complexity index is 1180. The Morgan fingerprint density at radius 3 is 2.82 bits per heavy atom. The van der Waals surface area contributed by atoms with Gasteiger partial charge in [0.2, 0.25) is 5.91 Å². The van der Waals surface area contributed by atoms with E-state index < -0.39 is 5.97 Å². The highest BCUT2D eigenvalue weighted by atomic mass is 35.5. The average Bonchev–Trinajstić information content (AvgIpc) is 3.38. The molecular formula is C24H26ClN3O4S. The molecular weight excluding hydrogens is 462 g/mol. The fraction of sp³-hybridized carbons (Fsp3) is 0.458. The second-order valence-electron chi connectivity index (χ2n) is 8.81. The smallest absolute Gasteiger partial charge is 0.306 e. The monoisotopic (exact) mass is 487 g/mol. The van der Waals surface area contributed by atoms with Gasteiger partial charge in [0.05, 0.1) is 30.1 Å². The van der Waals surface area contributed by atoms with Crippen LogP contribution < -0.4 is 0 Å². The number of rotatable bonds is 6. The molecule has 1 saturated carbocycles. The highest BCUT2D eigenvalue weighted by Crippen LogP contribution is 2.32. The second-order valence-corrected chi connectivity index (χ2v) is 10.2. The van der Waals surface area contributed by atoms with Gasteiger partial charge in [-0.1, -0.05) is 11.6 Å². The number of ether oxygens (including phenoxy) is 1. The van der Waals surface area contributed by atoms with Gasteiger partial charge >= 0.3 is 5.97 Å². The van der Waals surface area contributed by atoms with Crippen LogP contribution >= 0.6 is 22.9 Å². The van der Waals surface area contributed by atoms with E-state index in [1.165, 1.54) is 5.56 Å². The van der Waals surface area contributed by atoms with Gasteiger partial charge in [-0.2, -0.15) is 0 Å². The molecule has 7 nitrogen and oxygen atoms in total. The molecule has 5 rings (SSSR count). The topological polar surface area (TPSA) is 84.7 Å². The molecule has 1 amide bonds. The summed E-state index contributed by atoms with van der Waals surface area (Å²) in [6, 6.07) is 6.04. The third-order valence-electron chi connectivity index (χ3n) is 6.77. The number of carbonyl (C=O) groups is 2. The van der Waals surface area contributed by atoms with Crippen LogP contribution in [-0.4, -0.2) is 50.7 Å². The van der Waals surface area contributed by atoms with Gasteiger partial charge in [0, 0.05) is 34.1 Å². The standard InChI is InChI=1S/C24H26ClN3O4S/c25-16-10-18(33-14-16)11-28-21-12-27(9-7-19(21)20-2-1-8-26-23(20)28)22(29)13-32-17-5-3-15(4-6-17)24(30)31/h1-2,8,10,14-15,17H,3-7,9,11-13H2,(H,30,31). The number of halogens is 1. The van der Waals surface area contributed by atoms with E-state index in [0.29, 0.717) is 45.3 Å². The van der Waals surface area contributed by atoms with Crippen molar-refractivity contribution in [2.75, 3.05) is 13.2 Å². The number of amides is 1. The van der Waals surface area contributed by atoms with E-state index in [0.717, 1.165) is 33.0 Å². The number of hydrogen-bond donors (Lipinski definition) is 1. The number of carboxylic acids is 1. The number of carbonyl (C=O) groups excluding carboxylic acids is 1. The summed E-state index contributed by atoms with van der Waals surface area (Å²) in [6.45, 7) is 1.89. The van der Waals surface area contributed by atoms with E-state index in [4.69, 9.17) is 21.4 Å². The van der Waals surface area contributed by atoms with Gasteiger partial charge < -0.3 is 19.3 Å². The molecule has 0 aromatic carbocycles. The van der Waals surface area contributed by atoms with Crippen LogP contribution in [0, 0.1) is 5.92 Å². The maximum absolute atomic E-state index is 13.0. The third-order valence-corrected chi connectivity index (χ3v) is 8.04. The summed E-state index contributed by atoms with van der Waals surface area (Å²) in [5, 5.41) is 13.0. The minimum absolute atomic E-state index is 0.0232. The minimum atomic E-state index is -0.733. The molecule has 0 spiro atoms. The fourth-order valence-electron chi connectivity index (χ4n) is 4.99. The highest BCUT2D eigenvalue weighted by molar-refractivity contribution is 7.10. The first-order valence-electron chi connectivity index (χ1n) is 11.3. The number of aliphatic carboxylic acids is 1. The van der Waals surface area contributed by atoms with Gasteiger partial charge in [-0.15, -0.1) is 11.3 Å². The molecule has 1 fully saturated rings. The van der Waals surface area contributed by atoms with Crippen molar-refractivity contribution in [1.82, 2.24) is 14.5 Å². The van der Waals surface area contributed by atoms with Crippen molar-refractivity contribution in [3.05, 3.63) is 50.9 Å². The van der Waals surface area contributed by atoms with Gasteiger partial charge in [-0.3, -0.25) is 9.59 Å². The van der Waals surface area contributed by atoms with Gasteiger partial charge in [0.1, 0.15) is 12.3 Å². The van der Waals surface area contributed by atoms with Crippen LogP contribution in [0.15, 0.2) is 29.8 Å². The first kappa shape index (κ1) is 22.4. The predicted octanol–water partition coefficient (Wildman–Crippen LogP) is 4.34. The average molecular weight is 488 g/mol. The number of nitrogens with zero attached hydrogens (tertiary/aromatic N) is 3. The van der Waals surface area contributed by atoms with Crippen molar-refractivity contribution in [3.63, 3.8) is 0 Å². The molecule has 0 unspecified atom stereocenters. The summed E-state index contributed by atoms with van der Waals surface area (Å²) < 4.78 is 8.09. The molecule has 0 radical (unpaired) electrons. The number of hydrogen-bond acceptors (Lipinski definition) is 5. The minimum Gasteiger partial charge on any atom is -0.481 e. The third kappa shape index (κ3) is 4.65. The number of aromatic nitrogens is 2. The van der Waals surface area contributed by atoms with Crippen LogP contribution in [0.4, 0.5) is 0 Å². The lowest BCUT2D eigenvalue weighted by Crippen LogP contribution is -2.40. The molecule has 4 heterocycles. The molecule has 0 saturated heterocycles. The molecule has 0 atom stereocenters. The van der Waals surface area contributed by atoms with Crippen LogP contribution in [0.25, 0.3) is 11.0 Å². The zero-order valence-electron chi connectivity index (χ0n) is 18.2. The van der Waals surface area contributed by atoms with Crippen LogP contribution in [0.1, 0.15) is 41.8 Å². The largest absolute Gasteiger partial charge is 0.481 e. The summed E-state index contributed by atoms with van der Waals surface area (Å²) >= 11 is 7.76. The molecule has 174 valence electrons.